The SMILES string of the molecule is CNc1ncc(-c2ccc(-n3cccn3)c3c2cnn3SF)nn1. The first-order valence-electron chi connectivity index (χ1n) is 6.99. The molecule has 10 heteroatoms. The van der Waals surface area contributed by atoms with Crippen LogP contribution in [0.5, 0.6) is 0 Å². The summed E-state index contributed by atoms with van der Waals surface area (Å²) >= 11 is 0.0291. The highest BCUT2D eigenvalue weighted by Gasteiger charge is 2.16. The van der Waals surface area contributed by atoms with Crippen molar-refractivity contribution in [3.05, 3.63) is 43.0 Å². The summed E-state index contributed by atoms with van der Waals surface area (Å²) in [5, 5.41) is 20.0. The summed E-state index contributed by atoms with van der Waals surface area (Å²) in [6.07, 6.45) is 6.66. The smallest absolute Gasteiger partial charge is 0.242 e. The Morgan fingerprint density at radius 2 is 2.08 bits per heavy atom. The van der Waals surface area contributed by atoms with Crippen molar-refractivity contribution in [3.63, 3.8) is 0 Å². The van der Waals surface area contributed by atoms with Gasteiger partial charge in [-0.1, -0.05) is 0 Å². The van der Waals surface area contributed by atoms with E-state index >= 15 is 0 Å². The molecule has 3 aromatic heterocycles. The Hall–Kier alpha value is -3.01. The molecule has 4 rings (SSSR count). The standard InChI is InChI=1S/C14H11FN8S/c1-16-14-17-8-11(20-21-14)9-3-4-12(22-6-2-5-18-22)13-10(9)7-19-23(13)24-15/h2-8H,1H3,(H,16,17,21). The van der Waals surface area contributed by atoms with E-state index in [-0.39, 0.29) is 12.3 Å². The number of anilines is 1. The highest BCUT2D eigenvalue weighted by Crippen LogP contribution is 2.33. The van der Waals surface area contributed by atoms with Gasteiger partial charge in [0.25, 0.3) is 0 Å². The van der Waals surface area contributed by atoms with Crippen LogP contribution in [0.25, 0.3) is 27.8 Å². The molecule has 0 aliphatic heterocycles. The highest BCUT2D eigenvalue weighted by molar-refractivity contribution is 7.92. The van der Waals surface area contributed by atoms with Crippen molar-refractivity contribution in [1.29, 1.82) is 0 Å². The second kappa shape index (κ2) is 5.89. The highest BCUT2D eigenvalue weighted by atomic mass is 32.2. The zero-order chi connectivity index (χ0) is 16.5. The van der Waals surface area contributed by atoms with Crippen LogP contribution in [0.15, 0.2) is 43.0 Å². The number of fused-ring (bicyclic) bond motifs is 1. The molecule has 24 heavy (non-hydrogen) atoms. The summed E-state index contributed by atoms with van der Waals surface area (Å²) in [5.74, 6) is 0.429. The normalized spacial score (nSPS) is 11.1. The van der Waals surface area contributed by atoms with Gasteiger partial charge in [-0.15, -0.1) is 14.1 Å². The fourth-order valence-corrected chi connectivity index (χ4v) is 2.82. The third-order valence-electron chi connectivity index (χ3n) is 3.56. The molecule has 0 saturated heterocycles. The van der Waals surface area contributed by atoms with E-state index in [1.807, 2.05) is 12.1 Å². The number of halogens is 1. The zero-order valence-electron chi connectivity index (χ0n) is 12.5. The van der Waals surface area contributed by atoms with Crippen molar-refractivity contribution in [1.82, 2.24) is 34.1 Å². The Kier molecular flexibility index (Phi) is 3.58. The Labute approximate surface area is 140 Å². The van der Waals surface area contributed by atoms with Gasteiger partial charge in [-0.2, -0.15) is 14.3 Å². The maximum atomic E-state index is 13.3. The molecule has 4 aromatic rings. The largest absolute Gasteiger partial charge is 0.356 e. The van der Waals surface area contributed by atoms with Crippen LogP contribution in [0.4, 0.5) is 9.83 Å². The van der Waals surface area contributed by atoms with Crippen LogP contribution in [0.1, 0.15) is 0 Å². The van der Waals surface area contributed by atoms with E-state index in [2.05, 4.69) is 30.7 Å². The van der Waals surface area contributed by atoms with Crippen LogP contribution < -0.4 is 5.32 Å². The molecular formula is C14H11FN8S. The van der Waals surface area contributed by atoms with Crippen LogP contribution in [-0.2, 0) is 0 Å². The molecule has 0 unspecified atom stereocenters. The fraction of sp³-hybridized carbons (Fsp3) is 0.0714. The topological polar surface area (TPSA) is 86.3 Å². The molecular weight excluding hydrogens is 331 g/mol. The lowest BCUT2D eigenvalue weighted by molar-refractivity contribution is 0.866. The van der Waals surface area contributed by atoms with Crippen molar-refractivity contribution in [2.45, 2.75) is 0 Å². The van der Waals surface area contributed by atoms with Gasteiger partial charge in [0.05, 0.1) is 18.1 Å². The average molecular weight is 342 g/mol. The number of nitrogens with zero attached hydrogens (tertiary/aromatic N) is 7. The van der Waals surface area contributed by atoms with E-state index < -0.39 is 0 Å². The first-order valence-corrected chi connectivity index (χ1v) is 7.67. The summed E-state index contributed by atoms with van der Waals surface area (Å²) < 4.78 is 16.2. The van der Waals surface area contributed by atoms with Crippen LogP contribution >= 0.6 is 12.3 Å². The third-order valence-corrected chi connectivity index (χ3v) is 3.96. The lowest BCUT2D eigenvalue weighted by Gasteiger charge is -2.08. The molecule has 0 aliphatic rings. The Morgan fingerprint density at radius 3 is 2.75 bits per heavy atom. The first kappa shape index (κ1) is 14.6. The second-order valence-electron chi connectivity index (χ2n) is 4.85. The molecule has 0 fully saturated rings. The van der Waals surface area contributed by atoms with E-state index in [1.165, 1.54) is 4.09 Å². The van der Waals surface area contributed by atoms with E-state index in [9.17, 15) is 3.89 Å². The van der Waals surface area contributed by atoms with Gasteiger partial charge in [-0.25, -0.2) is 9.67 Å². The van der Waals surface area contributed by atoms with E-state index in [0.29, 0.717) is 22.8 Å². The lowest BCUT2D eigenvalue weighted by Crippen LogP contribution is -2.01. The molecule has 3 heterocycles. The molecule has 0 spiro atoms. The minimum atomic E-state index is 0.0291. The predicted molar refractivity (Wildman–Crippen MR) is 89.3 cm³/mol. The van der Waals surface area contributed by atoms with Crippen molar-refractivity contribution < 1.29 is 3.89 Å². The van der Waals surface area contributed by atoms with Crippen molar-refractivity contribution >= 4 is 29.2 Å². The Balaban J connectivity index is 1.95. The maximum absolute atomic E-state index is 13.3. The summed E-state index contributed by atoms with van der Waals surface area (Å²) in [6.45, 7) is 0. The van der Waals surface area contributed by atoms with Gasteiger partial charge in [0.1, 0.15) is 11.2 Å². The summed E-state index contributed by atoms with van der Waals surface area (Å²) in [5.41, 5.74) is 2.66. The van der Waals surface area contributed by atoms with Crippen molar-refractivity contribution in [2.75, 3.05) is 12.4 Å². The molecule has 0 bridgehead atoms. The van der Waals surface area contributed by atoms with Crippen molar-refractivity contribution in [2.24, 2.45) is 0 Å². The Bertz CT molecular complexity index is 980. The Morgan fingerprint density at radius 1 is 1.17 bits per heavy atom. The molecule has 8 nitrogen and oxygen atoms in total. The molecule has 1 N–H and O–H groups in total. The van der Waals surface area contributed by atoms with Gasteiger partial charge in [0.2, 0.25) is 5.95 Å². The quantitative estimate of drug-likeness (QED) is 0.610. The maximum Gasteiger partial charge on any atom is 0.242 e. The second-order valence-corrected chi connectivity index (χ2v) is 5.33. The minimum Gasteiger partial charge on any atom is -0.356 e. The van der Waals surface area contributed by atoms with Gasteiger partial charge >= 0.3 is 0 Å². The first-order chi connectivity index (χ1) is 11.8. The summed E-state index contributed by atoms with van der Waals surface area (Å²) in [6, 6.07) is 5.51. The lowest BCUT2D eigenvalue weighted by atomic mass is 10.1. The molecule has 120 valence electrons. The van der Waals surface area contributed by atoms with Crippen LogP contribution in [-0.4, -0.2) is 41.2 Å². The van der Waals surface area contributed by atoms with Crippen molar-refractivity contribution in [3.8, 4) is 16.9 Å². The van der Waals surface area contributed by atoms with E-state index in [4.69, 9.17) is 0 Å². The third kappa shape index (κ3) is 2.27. The van der Waals surface area contributed by atoms with E-state index in [0.717, 1.165) is 10.9 Å². The van der Waals surface area contributed by atoms with Gasteiger partial charge < -0.3 is 5.32 Å². The number of hydrogen-bond acceptors (Lipinski definition) is 7. The van der Waals surface area contributed by atoms with Gasteiger partial charge in [0.15, 0.2) is 12.3 Å². The number of hydrogen-bond donors (Lipinski definition) is 1. The summed E-state index contributed by atoms with van der Waals surface area (Å²) in [7, 11) is 1.72. The number of nitrogens with one attached hydrogen (secondary N) is 1. The van der Waals surface area contributed by atoms with Gasteiger partial charge in [-0.05, 0) is 18.2 Å². The summed E-state index contributed by atoms with van der Waals surface area (Å²) in [4.78, 5) is 4.17. The van der Waals surface area contributed by atoms with E-state index in [1.54, 1.807) is 42.6 Å². The predicted octanol–water partition coefficient (Wildman–Crippen LogP) is 2.50. The minimum absolute atomic E-state index is 0.0291. The number of benzene rings is 1. The van der Waals surface area contributed by atoms with Crippen LogP contribution in [0, 0.1) is 0 Å². The molecule has 0 radical (unpaired) electrons. The molecule has 0 amide bonds. The molecule has 0 atom stereocenters. The monoisotopic (exact) mass is 342 g/mol. The average Bonchev–Trinajstić information content (AvgIpc) is 3.31. The number of rotatable bonds is 4. The molecule has 0 aliphatic carbocycles. The molecule has 0 saturated carbocycles. The fourth-order valence-electron chi connectivity index (χ4n) is 2.48. The zero-order valence-corrected chi connectivity index (χ0v) is 13.3. The van der Waals surface area contributed by atoms with Gasteiger partial charge in [0, 0.05) is 30.4 Å². The van der Waals surface area contributed by atoms with Crippen LogP contribution in [0.3, 0.4) is 0 Å². The van der Waals surface area contributed by atoms with Crippen LogP contribution in [0.2, 0.25) is 0 Å². The number of aromatic nitrogens is 7. The molecule has 1 aromatic carbocycles. The van der Waals surface area contributed by atoms with Gasteiger partial charge in [-0.3, -0.25) is 0 Å².